The molecular formula is C19H24ClN2O2+. The van der Waals surface area contributed by atoms with Crippen LogP contribution in [0.5, 0.6) is 11.5 Å². The minimum atomic E-state index is 0.797. The molecule has 0 bridgehead atoms. The van der Waals surface area contributed by atoms with Crippen LogP contribution in [-0.4, -0.2) is 40.4 Å². The van der Waals surface area contributed by atoms with Gasteiger partial charge in [0.1, 0.15) is 18.0 Å². The van der Waals surface area contributed by atoms with E-state index in [1.54, 1.807) is 19.1 Å². The fourth-order valence-corrected chi connectivity index (χ4v) is 3.37. The minimum absolute atomic E-state index is 0.797. The molecule has 1 aliphatic heterocycles. The third kappa shape index (κ3) is 4.13. The zero-order chi connectivity index (χ0) is 16.9. The molecule has 0 unspecified atom stereocenters. The number of piperazine rings is 1. The van der Waals surface area contributed by atoms with Crippen LogP contribution in [0.2, 0.25) is 5.02 Å². The highest BCUT2D eigenvalue weighted by Crippen LogP contribution is 2.22. The first-order chi connectivity index (χ1) is 11.7. The maximum absolute atomic E-state index is 6.10. The van der Waals surface area contributed by atoms with Crippen LogP contribution in [0, 0.1) is 0 Å². The zero-order valence-corrected chi connectivity index (χ0v) is 15.0. The molecule has 5 heteroatoms. The second kappa shape index (κ2) is 7.77. The van der Waals surface area contributed by atoms with Gasteiger partial charge in [-0.25, -0.2) is 0 Å². The topological polar surface area (TPSA) is 26.1 Å². The van der Waals surface area contributed by atoms with E-state index < -0.39 is 0 Å². The predicted octanol–water partition coefficient (Wildman–Crippen LogP) is 2.26. The molecule has 0 saturated carbocycles. The Balaban J connectivity index is 1.61. The van der Waals surface area contributed by atoms with E-state index in [9.17, 15) is 0 Å². The van der Waals surface area contributed by atoms with Gasteiger partial charge in [0.15, 0.2) is 0 Å². The number of methoxy groups -OCH3 is 2. The fourth-order valence-electron chi connectivity index (χ4n) is 3.19. The molecule has 1 saturated heterocycles. The van der Waals surface area contributed by atoms with Gasteiger partial charge in [0.2, 0.25) is 0 Å². The first kappa shape index (κ1) is 16.9. The van der Waals surface area contributed by atoms with Crippen LogP contribution in [0.15, 0.2) is 42.5 Å². The monoisotopic (exact) mass is 347 g/mol. The second-order valence-corrected chi connectivity index (χ2v) is 6.55. The summed E-state index contributed by atoms with van der Waals surface area (Å²) < 4.78 is 10.7. The molecule has 2 aromatic rings. The highest BCUT2D eigenvalue weighted by molar-refractivity contribution is 6.30. The molecule has 1 fully saturated rings. The smallest absolute Gasteiger partial charge is 0.123 e. The number of hydrogen-bond acceptors (Lipinski definition) is 3. The van der Waals surface area contributed by atoms with Crippen molar-refractivity contribution in [3.8, 4) is 11.5 Å². The summed E-state index contributed by atoms with van der Waals surface area (Å²) in [7, 11) is 3.38. The number of benzene rings is 2. The lowest BCUT2D eigenvalue weighted by molar-refractivity contribution is -0.914. The Morgan fingerprint density at radius 2 is 1.67 bits per heavy atom. The molecule has 0 spiro atoms. The van der Waals surface area contributed by atoms with Crippen LogP contribution in [0.25, 0.3) is 0 Å². The van der Waals surface area contributed by atoms with Crippen LogP contribution in [0.1, 0.15) is 5.56 Å². The summed E-state index contributed by atoms with van der Waals surface area (Å²) >= 11 is 6.10. The predicted molar refractivity (Wildman–Crippen MR) is 97.6 cm³/mol. The number of ether oxygens (including phenoxy) is 2. The summed E-state index contributed by atoms with van der Waals surface area (Å²) in [5.74, 6) is 1.70. The molecule has 1 aliphatic rings. The number of nitrogens with zero attached hydrogens (tertiary/aromatic N) is 1. The van der Waals surface area contributed by atoms with Crippen molar-refractivity contribution < 1.29 is 14.4 Å². The molecule has 2 aromatic carbocycles. The molecule has 0 aliphatic carbocycles. The first-order valence-corrected chi connectivity index (χ1v) is 8.62. The molecule has 0 aromatic heterocycles. The van der Waals surface area contributed by atoms with Crippen molar-refractivity contribution >= 4 is 17.3 Å². The van der Waals surface area contributed by atoms with Gasteiger partial charge in [-0.1, -0.05) is 17.7 Å². The highest BCUT2D eigenvalue weighted by Gasteiger charge is 2.21. The summed E-state index contributed by atoms with van der Waals surface area (Å²) in [6.45, 7) is 5.27. The summed E-state index contributed by atoms with van der Waals surface area (Å²) in [6.07, 6.45) is 0. The molecule has 128 valence electrons. The van der Waals surface area contributed by atoms with Gasteiger partial charge in [0, 0.05) is 22.3 Å². The van der Waals surface area contributed by atoms with Crippen molar-refractivity contribution in [2.75, 3.05) is 45.3 Å². The second-order valence-electron chi connectivity index (χ2n) is 6.11. The van der Waals surface area contributed by atoms with E-state index in [0.717, 1.165) is 49.2 Å². The average molecular weight is 348 g/mol. The van der Waals surface area contributed by atoms with Gasteiger partial charge in [-0.2, -0.15) is 0 Å². The first-order valence-electron chi connectivity index (χ1n) is 8.24. The Kier molecular flexibility index (Phi) is 5.48. The van der Waals surface area contributed by atoms with E-state index in [2.05, 4.69) is 23.1 Å². The third-order valence-corrected chi connectivity index (χ3v) is 4.74. The third-order valence-electron chi connectivity index (χ3n) is 4.51. The lowest BCUT2D eigenvalue weighted by Crippen LogP contribution is -3.13. The van der Waals surface area contributed by atoms with Gasteiger partial charge in [0.25, 0.3) is 0 Å². The summed E-state index contributed by atoms with van der Waals surface area (Å²) in [5.41, 5.74) is 2.46. The van der Waals surface area contributed by atoms with Crippen molar-refractivity contribution in [2.24, 2.45) is 0 Å². The molecule has 0 atom stereocenters. The lowest BCUT2D eigenvalue weighted by Gasteiger charge is -2.33. The van der Waals surface area contributed by atoms with Crippen LogP contribution in [0.3, 0.4) is 0 Å². The summed E-state index contributed by atoms with van der Waals surface area (Å²) in [5, 5.41) is 0.797. The molecule has 0 radical (unpaired) electrons. The fraction of sp³-hybridized carbons (Fsp3) is 0.368. The molecule has 1 N–H and O–H groups in total. The summed E-state index contributed by atoms with van der Waals surface area (Å²) in [6, 6.07) is 14.2. The van der Waals surface area contributed by atoms with E-state index in [0.29, 0.717) is 0 Å². The van der Waals surface area contributed by atoms with Crippen LogP contribution >= 0.6 is 11.6 Å². The normalized spacial score (nSPS) is 15.4. The van der Waals surface area contributed by atoms with Crippen molar-refractivity contribution in [3.05, 3.63) is 53.1 Å². The number of nitrogens with one attached hydrogen (secondary N) is 1. The molecule has 1 heterocycles. The lowest BCUT2D eigenvalue weighted by atomic mass is 10.1. The zero-order valence-electron chi connectivity index (χ0n) is 14.2. The quantitative estimate of drug-likeness (QED) is 0.898. The Bertz CT molecular complexity index is 663. The van der Waals surface area contributed by atoms with Crippen molar-refractivity contribution in [3.63, 3.8) is 0 Å². The van der Waals surface area contributed by atoms with Gasteiger partial charge in [-0.3, -0.25) is 0 Å². The molecule has 3 rings (SSSR count). The average Bonchev–Trinajstić information content (AvgIpc) is 2.62. The minimum Gasteiger partial charge on any atom is -0.497 e. The highest BCUT2D eigenvalue weighted by atomic mass is 35.5. The van der Waals surface area contributed by atoms with Crippen LogP contribution in [-0.2, 0) is 6.54 Å². The molecule has 0 amide bonds. The molecule has 24 heavy (non-hydrogen) atoms. The van der Waals surface area contributed by atoms with Crippen molar-refractivity contribution in [1.82, 2.24) is 0 Å². The Morgan fingerprint density at radius 1 is 1.00 bits per heavy atom. The van der Waals surface area contributed by atoms with Gasteiger partial charge >= 0.3 is 0 Å². The maximum atomic E-state index is 6.10. The summed E-state index contributed by atoms with van der Waals surface area (Å²) in [4.78, 5) is 3.98. The Hall–Kier alpha value is -1.91. The van der Waals surface area contributed by atoms with Crippen molar-refractivity contribution in [2.45, 2.75) is 6.54 Å². The van der Waals surface area contributed by atoms with Gasteiger partial charge in [-0.05, 0) is 30.3 Å². The Labute approximate surface area is 148 Å². The number of halogens is 1. The van der Waals surface area contributed by atoms with E-state index in [1.807, 2.05) is 24.3 Å². The largest absolute Gasteiger partial charge is 0.497 e. The van der Waals surface area contributed by atoms with Gasteiger partial charge < -0.3 is 19.3 Å². The van der Waals surface area contributed by atoms with E-state index in [1.165, 1.54) is 11.3 Å². The molecule has 4 nitrogen and oxygen atoms in total. The number of anilines is 1. The van der Waals surface area contributed by atoms with Crippen molar-refractivity contribution in [1.29, 1.82) is 0 Å². The number of quaternary nitrogens is 1. The maximum Gasteiger partial charge on any atom is 0.123 e. The number of rotatable bonds is 5. The van der Waals surface area contributed by atoms with Gasteiger partial charge in [-0.15, -0.1) is 0 Å². The standard InChI is InChI=1S/C19H23ClN2O2/c1-23-18-10-15(11-19(13-18)24-2)14-21-6-8-22(9-7-21)17-5-3-4-16(20)12-17/h3-5,10-13H,6-9,14H2,1-2H3/p+1. The van der Waals surface area contributed by atoms with Crippen LogP contribution < -0.4 is 19.3 Å². The molecular weight excluding hydrogens is 324 g/mol. The van der Waals surface area contributed by atoms with E-state index in [-0.39, 0.29) is 0 Å². The number of hydrogen-bond donors (Lipinski definition) is 1. The van der Waals surface area contributed by atoms with E-state index in [4.69, 9.17) is 21.1 Å². The van der Waals surface area contributed by atoms with E-state index >= 15 is 0 Å². The van der Waals surface area contributed by atoms with Crippen LogP contribution in [0.4, 0.5) is 5.69 Å². The Morgan fingerprint density at radius 3 is 2.25 bits per heavy atom. The van der Waals surface area contributed by atoms with Gasteiger partial charge in [0.05, 0.1) is 40.4 Å². The SMILES string of the molecule is COc1cc(C[NH+]2CCN(c3cccc(Cl)c3)CC2)cc(OC)c1.